The fourth-order valence-electron chi connectivity index (χ4n) is 1.55. The van der Waals surface area contributed by atoms with Gasteiger partial charge in [0, 0.05) is 19.7 Å². The first-order chi connectivity index (χ1) is 6.24. The summed E-state index contributed by atoms with van der Waals surface area (Å²) in [5.74, 6) is 0. The first-order valence-electron chi connectivity index (χ1n) is 4.78. The van der Waals surface area contributed by atoms with Crippen LogP contribution < -0.4 is 5.73 Å². The number of piperidine rings is 1. The molecule has 0 spiro atoms. The summed E-state index contributed by atoms with van der Waals surface area (Å²) in [5.41, 5.74) is 5.93. The van der Waals surface area contributed by atoms with Crippen LogP contribution in [0.25, 0.3) is 0 Å². The minimum atomic E-state index is 0.175. The number of hydrogen-bond acceptors (Lipinski definition) is 4. The summed E-state index contributed by atoms with van der Waals surface area (Å²) in [7, 11) is 3.77. The smallest absolute Gasteiger partial charge is 0.0854 e. The van der Waals surface area contributed by atoms with Crippen molar-refractivity contribution in [3.63, 3.8) is 0 Å². The molecule has 1 saturated heterocycles. The third-order valence-corrected chi connectivity index (χ3v) is 2.43. The van der Waals surface area contributed by atoms with Crippen LogP contribution in [0.4, 0.5) is 0 Å². The number of likely N-dealkylation sites (N-methyl/N-ethyl adjacent to an activating group) is 1. The summed E-state index contributed by atoms with van der Waals surface area (Å²) in [5, 5.41) is 0. The monoisotopic (exact) mass is 188 g/mol. The van der Waals surface area contributed by atoms with Crippen molar-refractivity contribution in [1.29, 1.82) is 0 Å². The molecule has 1 rings (SSSR count). The van der Waals surface area contributed by atoms with Gasteiger partial charge in [0.05, 0.1) is 19.3 Å². The molecule has 1 aliphatic rings. The van der Waals surface area contributed by atoms with Crippen LogP contribution >= 0.6 is 0 Å². The average molecular weight is 188 g/mol. The number of methoxy groups -OCH3 is 1. The van der Waals surface area contributed by atoms with Crippen molar-refractivity contribution in [2.75, 3.05) is 40.5 Å². The predicted octanol–water partition coefficient (Wildman–Crippen LogP) is -0.319. The van der Waals surface area contributed by atoms with Gasteiger partial charge >= 0.3 is 0 Å². The molecule has 13 heavy (non-hydrogen) atoms. The van der Waals surface area contributed by atoms with Crippen molar-refractivity contribution in [2.24, 2.45) is 5.73 Å². The van der Waals surface area contributed by atoms with Crippen LogP contribution in [-0.2, 0) is 9.47 Å². The molecule has 0 amide bonds. The van der Waals surface area contributed by atoms with E-state index in [9.17, 15) is 0 Å². The lowest BCUT2D eigenvalue weighted by Crippen LogP contribution is -2.50. The Bertz CT molecular complexity index is 144. The van der Waals surface area contributed by atoms with Crippen molar-refractivity contribution in [3.8, 4) is 0 Å². The Morgan fingerprint density at radius 1 is 1.46 bits per heavy atom. The second-order valence-corrected chi connectivity index (χ2v) is 3.62. The van der Waals surface area contributed by atoms with Crippen molar-refractivity contribution in [1.82, 2.24) is 4.90 Å². The Labute approximate surface area is 80.0 Å². The van der Waals surface area contributed by atoms with Crippen molar-refractivity contribution in [2.45, 2.75) is 18.6 Å². The Balaban J connectivity index is 2.21. The summed E-state index contributed by atoms with van der Waals surface area (Å²) in [6, 6.07) is 0.188. The largest absolute Gasteiger partial charge is 0.382 e. The lowest BCUT2D eigenvalue weighted by Gasteiger charge is -2.34. The lowest BCUT2D eigenvalue weighted by molar-refractivity contribution is -0.0260. The maximum absolute atomic E-state index is 5.93. The van der Waals surface area contributed by atoms with Crippen LogP contribution in [-0.4, -0.2) is 57.5 Å². The van der Waals surface area contributed by atoms with E-state index in [0.29, 0.717) is 13.2 Å². The highest BCUT2D eigenvalue weighted by Gasteiger charge is 2.24. The fourth-order valence-corrected chi connectivity index (χ4v) is 1.55. The Kier molecular flexibility index (Phi) is 4.66. The van der Waals surface area contributed by atoms with Gasteiger partial charge in [-0.25, -0.2) is 0 Å². The number of hydrogen-bond donors (Lipinski definition) is 1. The Hall–Kier alpha value is -0.160. The van der Waals surface area contributed by atoms with Gasteiger partial charge in [-0.1, -0.05) is 0 Å². The maximum Gasteiger partial charge on any atom is 0.0854 e. The molecule has 4 nitrogen and oxygen atoms in total. The number of likely N-dealkylation sites (tertiary alicyclic amines) is 1. The molecule has 0 aromatic rings. The molecule has 2 N–H and O–H groups in total. The summed E-state index contributed by atoms with van der Waals surface area (Å²) < 4.78 is 10.5. The summed E-state index contributed by atoms with van der Waals surface area (Å²) in [6.07, 6.45) is 1.20. The van der Waals surface area contributed by atoms with Gasteiger partial charge in [0.25, 0.3) is 0 Å². The third-order valence-electron chi connectivity index (χ3n) is 2.43. The van der Waals surface area contributed by atoms with Crippen LogP contribution in [0.5, 0.6) is 0 Å². The van der Waals surface area contributed by atoms with Gasteiger partial charge < -0.3 is 20.1 Å². The Morgan fingerprint density at radius 3 is 2.92 bits per heavy atom. The van der Waals surface area contributed by atoms with Gasteiger partial charge in [-0.05, 0) is 20.0 Å². The van der Waals surface area contributed by atoms with Gasteiger partial charge in [0.15, 0.2) is 0 Å². The van der Waals surface area contributed by atoms with Crippen molar-refractivity contribution in [3.05, 3.63) is 0 Å². The van der Waals surface area contributed by atoms with Crippen LogP contribution in [0.1, 0.15) is 6.42 Å². The molecule has 0 bridgehead atoms. The first-order valence-corrected chi connectivity index (χ1v) is 4.78. The molecule has 0 saturated carbocycles. The van der Waals surface area contributed by atoms with Crippen LogP contribution in [0.15, 0.2) is 0 Å². The predicted molar refractivity (Wildman–Crippen MR) is 51.7 cm³/mol. The first kappa shape index (κ1) is 10.9. The molecular formula is C9H20N2O2. The number of rotatable bonds is 4. The zero-order valence-electron chi connectivity index (χ0n) is 8.53. The van der Waals surface area contributed by atoms with Crippen LogP contribution in [0.2, 0.25) is 0 Å². The maximum atomic E-state index is 5.93. The molecule has 4 heteroatoms. The molecule has 78 valence electrons. The normalized spacial score (nSPS) is 30.7. The number of ether oxygens (including phenoxy) is 2. The van der Waals surface area contributed by atoms with Crippen molar-refractivity contribution < 1.29 is 9.47 Å². The van der Waals surface area contributed by atoms with Gasteiger partial charge in [0.2, 0.25) is 0 Å². The highest BCUT2D eigenvalue weighted by Crippen LogP contribution is 2.10. The van der Waals surface area contributed by atoms with E-state index < -0.39 is 0 Å². The zero-order valence-corrected chi connectivity index (χ0v) is 8.53. The molecular weight excluding hydrogens is 168 g/mol. The molecule has 0 aliphatic carbocycles. The van der Waals surface area contributed by atoms with Gasteiger partial charge in [0.1, 0.15) is 0 Å². The van der Waals surface area contributed by atoms with E-state index in [1.807, 2.05) is 0 Å². The standard InChI is InChI=1S/C9H20N2O2/c1-11-4-3-8(10)9(7-11)13-6-5-12-2/h8-9H,3-7,10H2,1-2H3/t8-,9-/m1/s1. The molecule has 0 aromatic carbocycles. The second kappa shape index (κ2) is 5.54. The molecule has 1 heterocycles. The summed E-state index contributed by atoms with van der Waals surface area (Å²) in [4.78, 5) is 2.25. The van der Waals surface area contributed by atoms with Crippen LogP contribution in [0.3, 0.4) is 0 Å². The third kappa shape index (κ3) is 3.60. The van der Waals surface area contributed by atoms with E-state index >= 15 is 0 Å². The lowest BCUT2D eigenvalue weighted by atomic mass is 10.0. The second-order valence-electron chi connectivity index (χ2n) is 3.62. The van der Waals surface area contributed by atoms with Gasteiger partial charge in [-0.15, -0.1) is 0 Å². The molecule has 0 radical (unpaired) electrons. The minimum Gasteiger partial charge on any atom is -0.382 e. The number of nitrogens with two attached hydrogens (primary N) is 1. The van der Waals surface area contributed by atoms with E-state index in [1.165, 1.54) is 0 Å². The number of nitrogens with zero attached hydrogens (tertiary/aromatic N) is 1. The fraction of sp³-hybridized carbons (Fsp3) is 1.00. The van der Waals surface area contributed by atoms with E-state index in [0.717, 1.165) is 19.5 Å². The highest BCUT2D eigenvalue weighted by molar-refractivity contribution is 4.82. The molecule has 0 aromatic heterocycles. The van der Waals surface area contributed by atoms with E-state index in [-0.39, 0.29) is 12.1 Å². The Morgan fingerprint density at radius 2 is 2.23 bits per heavy atom. The quantitative estimate of drug-likeness (QED) is 0.614. The zero-order chi connectivity index (χ0) is 9.68. The van der Waals surface area contributed by atoms with E-state index in [2.05, 4.69) is 11.9 Å². The summed E-state index contributed by atoms with van der Waals surface area (Å²) >= 11 is 0. The summed E-state index contributed by atoms with van der Waals surface area (Å²) in [6.45, 7) is 3.30. The average Bonchev–Trinajstić information content (AvgIpc) is 2.11. The molecule has 0 unspecified atom stereocenters. The molecule has 2 atom stereocenters. The van der Waals surface area contributed by atoms with E-state index in [1.54, 1.807) is 7.11 Å². The SMILES string of the molecule is COCCO[C@@H]1CN(C)CC[C@H]1N. The van der Waals surface area contributed by atoms with Crippen LogP contribution in [0, 0.1) is 0 Å². The molecule has 1 aliphatic heterocycles. The van der Waals surface area contributed by atoms with E-state index in [4.69, 9.17) is 15.2 Å². The van der Waals surface area contributed by atoms with Gasteiger partial charge in [-0.3, -0.25) is 0 Å². The minimum absolute atomic E-state index is 0.175. The van der Waals surface area contributed by atoms with Gasteiger partial charge in [-0.2, -0.15) is 0 Å². The topological polar surface area (TPSA) is 47.7 Å². The molecule has 1 fully saturated rings. The highest BCUT2D eigenvalue weighted by atomic mass is 16.5. The van der Waals surface area contributed by atoms with Crippen molar-refractivity contribution >= 4 is 0 Å².